The van der Waals surface area contributed by atoms with Gasteiger partial charge in [-0.15, -0.1) is 0 Å². The van der Waals surface area contributed by atoms with E-state index < -0.39 is 0 Å². The minimum absolute atomic E-state index is 0.242. The number of nitrogens with zero attached hydrogens (tertiary/aromatic N) is 1. The van der Waals surface area contributed by atoms with Crippen molar-refractivity contribution in [1.29, 1.82) is 0 Å². The van der Waals surface area contributed by atoms with Crippen LogP contribution in [0.3, 0.4) is 0 Å². The molecule has 0 saturated carbocycles. The summed E-state index contributed by atoms with van der Waals surface area (Å²) in [5, 5.41) is 10.4. The molecule has 6 nitrogen and oxygen atoms in total. The van der Waals surface area contributed by atoms with Crippen LogP contribution in [0.1, 0.15) is 15.9 Å². The monoisotopic (exact) mass is 371 g/mol. The molecule has 2 aromatic carbocycles. The van der Waals surface area contributed by atoms with E-state index in [1.165, 1.54) is 6.20 Å². The number of benzene rings is 2. The first-order valence-corrected chi connectivity index (χ1v) is 8.28. The molecular weight excluding hydrogens is 354 g/mol. The summed E-state index contributed by atoms with van der Waals surface area (Å²) in [6, 6.07) is 12.6. The number of ether oxygens (including phenoxy) is 2. The van der Waals surface area contributed by atoms with E-state index in [2.05, 4.69) is 15.5 Å². The number of nitrogens with one attached hydrogen (secondary N) is 2. The Morgan fingerprint density at radius 2 is 1.92 bits per heavy atom. The van der Waals surface area contributed by atoms with Crippen LogP contribution in [0, 0.1) is 0 Å². The predicted molar refractivity (Wildman–Crippen MR) is 99.7 cm³/mol. The summed E-state index contributed by atoms with van der Waals surface area (Å²) in [4.78, 5) is 12.6. The molecule has 7 heteroatoms. The van der Waals surface area contributed by atoms with Gasteiger partial charge < -0.3 is 14.8 Å². The molecule has 134 valence electrons. The van der Waals surface area contributed by atoms with Crippen LogP contribution < -0.4 is 14.8 Å². The molecule has 0 bridgehead atoms. The number of carbonyl (C=O) groups excluding carboxylic acids is 1. The third-order valence-electron chi connectivity index (χ3n) is 3.94. The summed E-state index contributed by atoms with van der Waals surface area (Å²) in [7, 11) is 3.18. The minimum atomic E-state index is -0.242. The van der Waals surface area contributed by atoms with E-state index in [1.807, 2.05) is 18.2 Å². The summed E-state index contributed by atoms with van der Waals surface area (Å²) in [6.45, 7) is 0.296. The van der Waals surface area contributed by atoms with Crippen LogP contribution in [0.2, 0.25) is 5.02 Å². The number of amides is 1. The van der Waals surface area contributed by atoms with Gasteiger partial charge in [0.25, 0.3) is 5.91 Å². The smallest absolute Gasteiger partial charge is 0.255 e. The summed E-state index contributed by atoms with van der Waals surface area (Å²) in [6.07, 6.45) is 1.50. The van der Waals surface area contributed by atoms with E-state index in [1.54, 1.807) is 38.5 Å². The number of aromatic amines is 1. The number of hydrogen-bond donors (Lipinski definition) is 2. The number of aromatic nitrogens is 2. The molecule has 1 heterocycles. The summed E-state index contributed by atoms with van der Waals surface area (Å²) >= 11 is 5.92. The maximum Gasteiger partial charge on any atom is 0.255 e. The number of methoxy groups -OCH3 is 2. The summed E-state index contributed by atoms with van der Waals surface area (Å²) < 4.78 is 10.6. The molecule has 0 atom stereocenters. The molecule has 0 fully saturated rings. The maximum atomic E-state index is 12.6. The number of hydrogen-bond acceptors (Lipinski definition) is 4. The Bertz CT molecular complexity index is 907. The van der Waals surface area contributed by atoms with Gasteiger partial charge in [0.2, 0.25) is 0 Å². The molecule has 3 aromatic rings. The molecule has 2 N–H and O–H groups in total. The highest BCUT2D eigenvalue weighted by atomic mass is 35.5. The van der Waals surface area contributed by atoms with Gasteiger partial charge in [0.1, 0.15) is 11.5 Å². The summed E-state index contributed by atoms with van der Waals surface area (Å²) in [5.74, 6) is 1.13. The zero-order valence-corrected chi connectivity index (χ0v) is 15.1. The van der Waals surface area contributed by atoms with Crippen LogP contribution in [0.25, 0.3) is 11.3 Å². The second-order valence-electron chi connectivity index (χ2n) is 5.53. The lowest BCUT2D eigenvalue weighted by molar-refractivity contribution is 0.0951. The lowest BCUT2D eigenvalue weighted by Crippen LogP contribution is -2.23. The third kappa shape index (κ3) is 3.81. The number of rotatable bonds is 6. The molecule has 3 rings (SSSR count). The van der Waals surface area contributed by atoms with Crippen LogP contribution in [0.5, 0.6) is 11.5 Å². The van der Waals surface area contributed by atoms with Gasteiger partial charge in [-0.3, -0.25) is 9.89 Å². The van der Waals surface area contributed by atoms with E-state index in [9.17, 15) is 4.79 Å². The van der Waals surface area contributed by atoms with Crippen molar-refractivity contribution < 1.29 is 14.3 Å². The van der Waals surface area contributed by atoms with Crippen molar-refractivity contribution in [2.24, 2.45) is 0 Å². The van der Waals surface area contributed by atoms with Gasteiger partial charge in [0, 0.05) is 22.7 Å². The van der Waals surface area contributed by atoms with Crippen LogP contribution in [0.4, 0.5) is 0 Å². The lowest BCUT2D eigenvalue weighted by Gasteiger charge is -2.11. The molecule has 0 aliphatic heterocycles. The van der Waals surface area contributed by atoms with Crippen LogP contribution in [-0.4, -0.2) is 30.3 Å². The van der Waals surface area contributed by atoms with Crippen molar-refractivity contribution >= 4 is 17.5 Å². The second-order valence-corrected chi connectivity index (χ2v) is 5.96. The topological polar surface area (TPSA) is 76.2 Å². The van der Waals surface area contributed by atoms with Gasteiger partial charge >= 0.3 is 0 Å². The average Bonchev–Trinajstić information content (AvgIpc) is 3.16. The van der Waals surface area contributed by atoms with Crippen molar-refractivity contribution in [3.05, 3.63) is 64.8 Å². The molecule has 0 unspecified atom stereocenters. The van der Waals surface area contributed by atoms with E-state index in [4.69, 9.17) is 21.1 Å². The van der Waals surface area contributed by atoms with E-state index in [0.717, 1.165) is 11.1 Å². The van der Waals surface area contributed by atoms with Gasteiger partial charge in [-0.1, -0.05) is 23.7 Å². The molecule has 1 amide bonds. The van der Waals surface area contributed by atoms with Crippen LogP contribution >= 0.6 is 11.6 Å². The number of H-pyrrole nitrogens is 1. The van der Waals surface area contributed by atoms with Crippen molar-refractivity contribution in [2.45, 2.75) is 6.54 Å². The fourth-order valence-electron chi connectivity index (χ4n) is 2.59. The van der Waals surface area contributed by atoms with Crippen LogP contribution in [0.15, 0.2) is 48.7 Å². The Morgan fingerprint density at radius 1 is 1.15 bits per heavy atom. The highest BCUT2D eigenvalue weighted by Gasteiger charge is 2.16. The minimum Gasteiger partial charge on any atom is -0.497 e. The number of carbonyl (C=O) groups is 1. The maximum absolute atomic E-state index is 12.6. The highest BCUT2D eigenvalue weighted by Crippen LogP contribution is 2.25. The zero-order valence-electron chi connectivity index (χ0n) is 14.4. The quantitative estimate of drug-likeness (QED) is 0.693. The molecule has 0 radical (unpaired) electrons. The molecule has 0 spiro atoms. The largest absolute Gasteiger partial charge is 0.497 e. The van der Waals surface area contributed by atoms with Crippen molar-refractivity contribution in [3.63, 3.8) is 0 Å². The van der Waals surface area contributed by atoms with Gasteiger partial charge in [0.05, 0.1) is 31.7 Å². The van der Waals surface area contributed by atoms with Gasteiger partial charge in [-0.2, -0.15) is 5.10 Å². The second kappa shape index (κ2) is 7.93. The molecular formula is C19H18ClN3O3. The van der Waals surface area contributed by atoms with Gasteiger partial charge in [-0.05, 0) is 30.3 Å². The summed E-state index contributed by atoms with van der Waals surface area (Å²) in [5.41, 5.74) is 2.73. The van der Waals surface area contributed by atoms with Gasteiger partial charge in [-0.25, -0.2) is 0 Å². The van der Waals surface area contributed by atoms with E-state index in [0.29, 0.717) is 34.3 Å². The molecule has 26 heavy (non-hydrogen) atoms. The van der Waals surface area contributed by atoms with Crippen molar-refractivity contribution in [1.82, 2.24) is 15.5 Å². The molecule has 0 saturated heterocycles. The van der Waals surface area contributed by atoms with Crippen molar-refractivity contribution in [3.8, 4) is 22.8 Å². The standard InChI is InChI=1S/C19H18ClN3O3/c1-25-15-7-8-17(26-2)13(9-15)10-21-19(24)16-11-22-23-18(16)12-3-5-14(20)6-4-12/h3-9,11H,10H2,1-2H3,(H,21,24)(H,22,23). The fourth-order valence-corrected chi connectivity index (χ4v) is 2.71. The number of halogens is 1. The highest BCUT2D eigenvalue weighted by molar-refractivity contribution is 6.30. The predicted octanol–water partition coefficient (Wildman–Crippen LogP) is 3.68. The molecule has 1 aromatic heterocycles. The van der Waals surface area contributed by atoms with Crippen molar-refractivity contribution in [2.75, 3.05) is 14.2 Å². The first-order chi connectivity index (χ1) is 12.6. The zero-order chi connectivity index (χ0) is 18.5. The Morgan fingerprint density at radius 3 is 2.62 bits per heavy atom. The van der Waals surface area contributed by atoms with Crippen LogP contribution in [-0.2, 0) is 6.54 Å². The Kier molecular flexibility index (Phi) is 5.43. The lowest BCUT2D eigenvalue weighted by atomic mass is 10.1. The van der Waals surface area contributed by atoms with E-state index >= 15 is 0 Å². The Balaban J connectivity index is 1.78. The Labute approximate surface area is 156 Å². The average molecular weight is 372 g/mol. The first-order valence-electron chi connectivity index (χ1n) is 7.90. The normalized spacial score (nSPS) is 10.4. The SMILES string of the molecule is COc1ccc(OC)c(CNC(=O)c2cn[nH]c2-c2ccc(Cl)cc2)c1. The molecule has 0 aliphatic rings. The fraction of sp³-hybridized carbons (Fsp3) is 0.158. The first kappa shape index (κ1) is 17.8. The van der Waals surface area contributed by atoms with Gasteiger partial charge in [0.15, 0.2) is 0 Å². The molecule has 0 aliphatic carbocycles. The Hall–Kier alpha value is -2.99. The van der Waals surface area contributed by atoms with E-state index in [-0.39, 0.29) is 5.91 Å². The third-order valence-corrected chi connectivity index (χ3v) is 4.20.